The second-order valence-electron chi connectivity index (χ2n) is 4.84. The van der Waals surface area contributed by atoms with Gasteiger partial charge in [0.2, 0.25) is 0 Å². The molecular formula is C15H17N3O2. The average molecular weight is 271 g/mol. The Bertz CT molecular complexity index is 572. The molecule has 2 aromatic rings. The monoisotopic (exact) mass is 271 g/mol. The van der Waals surface area contributed by atoms with E-state index in [1.165, 1.54) is 0 Å². The molecule has 0 unspecified atom stereocenters. The molecule has 0 bridgehead atoms. The number of rotatable bonds is 2. The molecule has 0 aliphatic carbocycles. The molecule has 5 nitrogen and oxygen atoms in total. The highest BCUT2D eigenvalue weighted by molar-refractivity contribution is 5.93. The lowest BCUT2D eigenvalue weighted by Crippen LogP contribution is -2.34. The van der Waals surface area contributed by atoms with E-state index in [1.54, 1.807) is 6.07 Å². The predicted octanol–water partition coefficient (Wildman–Crippen LogP) is 1.78. The molecule has 104 valence electrons. The number of nitrogens with one attached hydrogen (secondary N) is 1. The van der Waals surface area contributed by atoms with Gasteiger partial charge in [-0.15, -0.1) is 0 Å². The molecule has 1 aliphatic heterocycles. The van der Waals surface area contributed by atoms with Crippen molar-refractivity contribution < 1.29 is 9.32 Å². The highest BCUT2D eigenvalue weighted by Gasteiger charge is 2.21. The number of amides is 1. The van der Waals surface area contributed by atoms with Crippen LogP contribution >= 0.6 is 0 Å². The molecular weight excluding hydrogens is 254 g/mol. The molecule has 1 saturated heterocycles. The van der Waals surface area contributed by atoms with Crippen LogP contribution in [0.15, 0.2) is 40.9 Å². The zero-order chi connectivity index (χ0) is 13.8. The number of benzene rings is 1. The maximum Gasteiger partial charge on any atom is 0.276 e. The molecule has 2 heterocycles. The number of hydrogen-bond acceptors (Lipinski definition) is 4. The third-order valence-electron chi connectivity index (χ3n) is 3.41. The molecule has 1 amide bonds. The first-order chi connectivity index (χ1) is 9.84. The van der Waals surface area contributed by atoms with Crippen LogP contribution in [0.2, 0.25) is 0 Å². The number of aromatic nitrogens is 1. The number of hydrogen-bond donors (Lipinski definition) is 1. The molecule has 5 heteroatoms. The lowest BCUT2D eigenvalue weighted by Gasteiger charge is -2.17. The van der Waals surface area contributed by atoms with Crippen molar-refractivity contribution in [3.8, 4) is 11.3 Å². The lowest BCUT2D eigenvalue weighted by molar-refractivity contribution is 0.0756. The van der Waals surface area contributed by atoms with Crippen molar-refractivity contribution in [1.29, 1.82) is 0 Å². The Morgan fingerprint density at radius 3 is 2.90 bits per heavy atom. The normalized spacial score (nSPS) is 15.9. The van der Waals surface area contributed by atoms with Crippen molar-refractivity contribution in [3.05, 3.63) is 42.1 Å². The molecule has 0 radical (unpaired) electrons. The highest BCUT2D eigenvalue weighted by atomic mass is 16.5. The summed E-state index contributed by atoms with van der Waals surface area (Å²) in [4.78, 5) is 14.2. The first kappa shape index (κ1) is 12.9. The Balaban J connectivity index is 1.77. The van der Waals surface area contributed by atoms with Crippen molar-refractivity contribution in [3.63, 3.8) is 0 Å². The lowest BCUT2D eigenvalue weighted by atomic mass is 10.1. The van der Waals surface area contributed by atoms with E-state index in [0.717, 1.165) is 31.6 Å². The molecule has 1 aromatic carbocycles. The SMILES string of the molecule is O=C(c1cc(-c2ccccc2)on1)N1CCCNCC1. The number of carbonyl (C=O) groups excluding carboxylic acids is 1. The molecule has 1 N–H and O–H groups in total. The molecule has 20 heavy (non-hydrogen) atoms. The van der Waals surface area contributed by atoms with Gasteiger partial charge < -0.3 is 14.7 Å². The molecule has 0 saturated carbocycles. The minimum absolute atomic E-state index is 0.0559. The number of nitrogens with zero attached hydrogens (tertiary/aromatic N) is 2. The van der Waals surface area contributed by atoms with Crippen LogP contribution in [-0.4, -0.2) is 42.1 Å². The van der Waals surface area contributed by atoms with Gasteiger partial charge in [0.1, 0.15) is 0 Å². The minimum atomic E-state index is -0.0559. The second kappa shape index (κ2) is 5.88. The summed E-state index contributed by atoms with van der Waals surface area (Å²) in [6.07, 6.45) is 0.967. The van der Waals surface area contributed by atoms with E-state index < -0.39 is 0 Å². The summed E-state index contributed by atoms with van der Waals surface area (Å²) < 4.78 is 5.28. The van der Waals surface area contributed by atoms with E-state index in [1.807, 2.05) is 35.2 Å². The van der Waals surface area contributed by atoms with Gasteiger partial charge >= 0.3 is 0 Å². The standard InChI is InChI=1S/C15H17N3O2/c19-15(18-9-4-7-16-8-10-18)13-11-14(20-17-13)12-5-2-1-3-6-12/h1-3,5-6,11,16H,4,7-10H2. The van der Waals surface area contributed by atoms with Crippen LogP contribution in [0.5, 0.6) is 0 Å². The Labute approximate surface area is 117 Å². The smallest absolute Gasteiger partial charge is 0.276 e. The van der Waals surface area contributed by atoms with Gasteiger partial charge in [-0.1, -0.05) is 35.5 Å². The van der Waals surface area contributed by atoms with Crippen LogP contribution in [0.3, 0.4) is 0 Å². The quantitative estimate of drug-likeness (QED) is 0.904. The first-order valence-electron chi connectivity index (χ1n) is 6.87. The van der Waals surface area contributed by atoms with Crippen molar-refractivity contribution >= 4 is 5.91 Å². The summed E-state index contributed by atoms with van der Waals surface area (Å²) in [7, 11) is 0. The number of carbonyl (C=O) groups is 1. The Hall–Kier alpha value is -2.14. The van der Waals surface area contributed by atoms with E-state index in [0.29, 0.717) is 18.0 Å². The predicted molar refractivity (Wildman–Crippen MR) is 75.3 cm³/mol. The van der Waals surface area contributed by atoms with Gasteiger partial charge in [0.25, 0.3) is 5.91 Å². The van der Waals surface area contributed by atoms with Gasteiger partial charge in [-0.25, -0.2) is 0 Å². The maximum atomic E-state index is 12.4. The third-order valence-corrected chi connectivity index (χ3v) is 3.41. The topological polar surface area (TPSA) is 58.4 Å². The third kappa shape index (κ3) is 2.72. The van der Waals surface area contributed by atoms with E-state index in [2.05, 4.69) is 10.5 Å². The zero-order valence-corrected chi connectivity index (χ0v) is 11.2. The fourth-order valence-corrected chi connectivity index (χ4v) is 2.33. The molecule has 3 rings (SSSR count). The van der Waals surface area contributed by atoms with Gasteiger partial charge in [0, 0.05) is 31.3 Å². The van der Waals surface area contributed by atoms with Crippen molar-refractivity contribution in [2.75, 3.05) is 26.2 Å². The fourth-order valence-electron chi connectivity index (χ4n) is 2.33. The van der Waals surface area contributed by atoms with E-state index in [9.17, 15) is 4.79 Å². The Kier molecular flexibility index (Phi) is 3.78. The molecule has 0 spiro atoms. The van der Waals surface area contributed by atoms with E-state index >= 15 is 0 Å². The summed E-state index contributed by atoms with van der Waals surface area (Å²) in [5.41, 5.74) is 1.31. The summed E-state index contributed by atoms with van der Waals surface area (Å²) in [5, 5.41) is 7.19. The molecule has 1 aromatic heterocycles. The maximum absolute atomic E-state index is 12.4. The van der Waals surface area contributed by atoms with Gasteiger partial charge in [0.05, 0.1) is 0 Å². The largest absolute Gasteiger partial charge is 0.355 e. The van der Waals surface area contributed by atoms with Gasteiger partial charge in [-0.05, 0) is 13.0 Å². The van der Waals surface area contributed by atoms with Gasteiger partial charge in [0.15, 0.2) is 11.5 Å². The summed E-state index contributed by atoms with van der Waals surface area (Å²) in [6.45, 7) is 3.26. The van der Waals surface area contributed by atoms with Crippen LogP contribution in [0.25, 0.3) is 11.3 Å². The van der Waals surface area contributed by atoms with Crippen molar-refractivity contribution in [2.24, 2.45) is 0 Å². The van der Waals surface area contributed by atoms with Crippen LogP contribution < -0.4 is 5.32 Å². The molecule has 1 fully saturated rings. The molecule has 1 aliphatic rings. The van der Waals surface area contributed by atoms with Gasteiger partial charge in [-0.3, -0.25) is 4.79 Å². The zero-order valence-electron chi connectivity index (χ0n) is 11.2. The minimum Gasteiger partial charge on any atom is -0.355 e. The van der Waals surface area contributed by atoms with Crippen LogP contribution in [0.1, 0.15) is 16.9 Å². The second-order valence-corrected chi connectivity index (χ2v) is 4.84. The van der Waals surface area contributed by atoms with Crippen LogP contribution in [0, 0.1) is 0 Å². The Morgan fingerprint density at radius 1 is 1.20 bits per heavy atom. The first-order valence-corrected chi connectivity index (χ1v) is 6.87. The summed E-state index contributed by atoms with van der Waals surface area (Å²) in [6, 6.07) is 11.4. The van der Waals surface area contributed by atoms with Crippen LogP contribution in [0.4, 0.5) is 0 Å². The summed E-state index contributed by atoms with van der Waals surface area (Å²) >= 11 is 0. The van der Waals surface area contributed by atoms with E-state index in [4.69, 9.17) is 4.52 Å². The average Bonchev–Trinajstić information content (AvgIpc) is 2.83. The van der Waals surface area contributed by atoms with Crippen molar-refractivity contribution in [1.82, 2.24) is 15.4 Å². The molecule has 0 atom stereocenters. The van der Waals surface area contributed by atoms with Crippen molar-refractivity contribution in [2.45, 2.75) is 6.42 Å². The van der Waals surface area contributed by atoms with E-state index in [-0.39, 0.29) is 5.91 Å². The van der Waals surface area contributed by atoms with Gasteiger partial charge in [-0.2, -0.15) is 0 Å². The fraction of sp³-hybridized carbons (Fsp3) is 0.333. The Morgan fingerprint density at radius 2 is 2.05 bits per heavy atom. The highest BCUT2D eigenvalue weighted by Crippen LogP contribution is 2.20. The van der Waals surface area contributed by atoms with Crippen LogP contribution in [-0.2, 0) is 0 Å². The summed E-state index contributed by atoms with van der Waals surface area (Å²) in [5.74, 6) is 0.571.